The smallest absolute Gasteiger partial charge is 0.321 e. The molecule has 1 aromatic heterocycles. The number of ether oxygens (including phenoxy) is 1. The normalized spacial score (nSPS) is 12.9. The lowest BCUT2D eigenvalue weighted by Gasteiger charge is -2.23. The molecule has 38 heavy (non-hydrogen) atoms. The summed E-state index contributed by atoms with van der Waals surface area (Å²) in [6.07, 6.45) is -1.07. The largest absolute Gasteiger partial charge is 0.507 e. The number of benzene rings is 5. The van der Waals surface area contributed by atoms with E-state index in [1.54, 1.807) is 12.1 Å². The van der Waals surface area contributed by atoms with Gasteiger partial charge in [0, 0.05) is 16.0 Å². The lowest BCUT2D eigenvalue weighted by Crippen LogP contribution is -2.24. The Kier molecular flexibility index (Phi) is 6.38. The van der Waals surface area contributed by atoms with Crippen molar-refractivity contribution in [3.05, 3.63) is 131 Å². The number of phenols is 1. The van der Waals surface area contributed by atoms with Crippen molar-refractivity contribution in [2.24, 2.45) is 0 Å². The van der Waals surface area contributed by atoms with E-state index in [2.05, 4.69) is 0 Å². The van der Waals surface area contributed by atoms with E-state index in [9.17, 15) is 15.0 Å². The van der Waals surface area contributed by atoms with Gasteiger partial charge in [-0.3, -0.25) is 4.79 Å². The second kappa shape index (κ2) is 10.1. The molecular formula is C33H24O4S. The van der Waals surface area contributed by atoms with Crippen molar-refractivity contribution < 1.29 is 19.7 Å². The van der Waals surface area contributed by atoms with Gasteiger partial charge in [0.1, 0.15) is 23.5 Å². The molecule has 1 heterocycles. The average Bonchev–Trinajstić information content (AvgIpc) is 3.49. The fourth-order valence-electron chi connectivity index (χ4n) is 5.02. The first-order valence-corrected chi connectivity index (χ1v) is 13.2. The summed E-state index contributed by atoms with van der Waals surface area (Å²) in [5, 5.41) is 27.9. The third kappa shape index (κ3) is 4.32. The summed E-state index contributed by atoms with van der Waals surface area (Å²) < 4.78 is 6.14. The molecule has 0 radical (unpaired) electrons. The van der Waals surface area contributed by atoms with Crippen molar-refractivity contribution in [3.63, 3.8) is 0 Å². The highest BCUT2D eigenvalue weighted by molar-refractivity contribution is 7.10. The fraction of sp³-hybridized carbons (Fsp3) is 0.0606. The first-order valence-electron chi connectivity index (χ1n) is 12.3. The number of hydrogen-bond donors (Lipinski definition) is 2. The van der Waals surface area contributed by atoms with Crippen molar-refractivity contribution in [3.8, 4) is 22.6 Å². The molecule has 5 heteroatoms. The Morgan fingerprint density at radius 2 is 1.32 bits per heavy atom. The third-order valence-electron chi connectivity index (χ3n) is 6.82. The number of thiophene rings is 1. The van der Waals surface area contributed by atoms with Crippen LogP contribution in [0.1, 0.15) is 22.5 Å². The van der Waals surface area contributed by atoms with Gasteiger partial charge in [-0.15, -0.1) is 11.3 Å². The van der Waals surface area contributed by atoms with Gasteiger partial charge in [0.2, 0.25) is 0 Å². The molecular weight excluding hydrogens is 492 g/mol. The molecule has 0 spiro atoms. The number of esters is 1. The van der Waals surface area contributed by atoms with Crippen LogP contribution in [0.15, 0.2) is 121 Å². The van der Waals surface area contributed by atoms with E-state index < -0.39 is 18.0 Å². The summed E-state index contributed by atoms with van der Waals surface area (Å²) in [6.45, 7) is 0. The Hall–Kier alpha value is -4.45. The van der Waals surface area contributed by atoms with Gasteiger partial charge in [0.15, 0.2) is 0 Å². The van der Waals surface area contributed by atoms with Crippen LogP contribution in [0, 0.1) is 0 Å². The molecule has 0 saturated heterocycles. The van der Waals surface area contributed by atoms with Gasteiger partial charge >= 0.3 is 5.97 Å². The molecule has 2 atom stereocenters. The van der Waals surface area contributed by atoms with E-state index in [0.29, 0.717) is 27.3 Å². The quantitative estimate of drug-likeness (QED) is 0.175. The number of aromatic hydroxyl groups is 1. The maximum atomic E-state index is 13.9. The van der Waals surface area contributed by atoms with Crippen molar-refractivity contribution in [2.75, 3.05) is 0 Å². The molecule has 2 N–H and O–H groups in total. The van der Waals surface area contributed by atoms with Crippen molar-refractivity contribution in [1.82, 2.24) is 0 Å². The fourth-order valence-corrected chi connectivity index (χ4v) is 5.77. The molecule has 186 valence electrons. The van der Waals surface area contributed by atoms with Crippen LogP contribution in [0.2, 0.25) is 0 Å². The Balaban J connectivity index is 1.52. The number of hydrogen-bond acceptors (Lipinski definition) is 5. The van der Waals surface area contributed by atoms with Crippen molar-refractivity contribution in [2.45, 2.75) is 12.0 Å². The number of carbonyl (C=O) groups excluding carboxylic acids is 1. The van der Waals surface area contributed by atoms with Gasteiger partial charge in [-0.1, -0.05) is 97.1 Å². The molecule has 0 aliphatic carbocycles. The summed E-state index contributed by atoms with van der Waals surface area (Å²) >= 11 is 1.39. The number of aliphatic hydroxyl groups excluding tert-OH is 1. The highest BCUT2D eigenvalue weighted by Crippen LogP contribution is 2.46. The Labute approximate surface area is 224 Å². The molecule has 0 amide bonds. The van der Waals surface area contributed by atoms with Gasteiger partial charge < -0.3 is 14.9 Å². The highest BCUT2D eigenvalue weighted by Gasteiger charge is 2.33. The molecule has 0 bridgehead atoms. The Bertz CT molecular complexity index is 1740. The predicted molar refractivity (Wildman–Crippen MR) is 153 cm³/mol. The van der Waals surface area contributed by atoms with Crippen LogP contribution in [-0.2, 0) is 4.79 Å². The first kappa shape index (κ1) is 23.9. The molecule has 0 fully saturated rings. The number of aliphatic hydroxyl groups is 1. The minimum absolute atomic E-state index is 0.0931. The molecule has 0 aliphatic heterocycles. The summed E-state index contributed by atoms with van der Waals surface area (Å²) in [7, 11) is 0. The van der Waals surface area contributed by atoms with Crippen LogP contribution in [0.25, 0.3) is 32.7 Å². The van der Waals surface area contributed by atoms with Gasteiger partial charge in [-0.25, -0.2) is 0 Å². The zero-order chi connectivity index (χ0) is 26.1. The third-order valence-corrected chi connectivity index (χ3v) is 7.76. The number of rotatable bonds is 6. The van der Waals surface area contributed by atoms with Crippen LogP contribution in [0.4, 0.5) is 0 Å². The first-order chi connectivity index (χ1) is 18.6. The lowest BCUT2D eigenvalue weighted by atomic mass is 9.91. The molecule has 4 nitrogen and oxygen atoms in total. The average molecular weight is 517 g/mol. The van der Waals surface area contributed by atoms with Crippen LogP contribution in [-0.4, -0.2) is 16.2 Å². The number of phenolic OH excluding ortho intramolecular Hbond substituents is 1. The van der Waals surface area contributed by atoms with E-state index >= 15 is 0 Å². The Morgan fingerprint density at radius 3 is 2.00 bits per heavy atom. The summed E-state index contributed by atoms with van der Waals surface area (Å²) in [6, 6.07) is 35.7. The van der Waals surface area contributed by atoms with Gasteiger partial charge in [0.05, 0.1) is 0 Å². The van der Waals surface area contributed by atoms with E-state index in [1.165, 1.54) is 11.3 Å². The second-order valence-electron chi connectivity index (χ2n) is 9.11. The van der Waals surface area contributed by atoms with Gasteiger partial charge in [0.25, 0.3) is 0 Å². The molecule has 0 saturated carbocycles. The number of carbonyl (C=O) groups is 1. The summed E-state index contributed by atoms with van der Waals surface area (Å²) in [5.41, 5.74) is 1.88. The van der Waals surface area contributed by atoms with Gasteiger partial charge in [-0.2, -0.15) is 0 Å². The maximum Gasteiger partial charge on any atom is 0.321 e. The zero-order valence-electron chi connectivity index (χ0n) is 20.3. The van der Waals surface area contributed by atoms with Crippen molar-refractivity contribution >= 4 is 38.9 Å². The second-order valence-corrected chi connectivity index (χ2v) is 10.1. The van der Waals surface area contributed by atoms with Gasteiger partial charge in [-0.05, 0) is 50.7 Å². The maximum absolute atomic E-state index is 13.9. The summed E-state index contributed by atoms with van der Waals surface area (Å²) in [4.78, 5) is 14.6. The lowest BCUT2D eigenvalue weighted by molar-refractivity contribution is -0.138. The van der Waals surface area contributed by atoms with E-state index in [-0.39, 0.29) is 5.75 Å². The van der Waals surface area contributed by atoms with E-state index in [1.807, 2.05) is 109 Å². The SMILES string of the molecule is O=C(Oc1ccc2ccccc2c1-c1c(O)ccc2ccccc12)[C@@H](c1ccccc1)[C@@H](O)c1cccs1. The van der Waals surface area contributed by atoms with Crippen molar-refractivity contribution in [1.29, 1.82) is 0 Å². The molecule has 0 aliphatic rings. The Morgan fingerprint density at radius 1 is 0.684 bits per heavy atom. The summed E-state index contributed by atoms with van der Waals surface area (Å²) in [5.74, 6) is -1.10. The topological polar surface area (TPSA) is 66.8 Å². The molecule has 6 rings (SSSR count). The van der Waals surface area contributed by atoms with Crippen LogP contribution < -0.4 is 4.74 Å². The van der Waals surface area contributed by atoms with Crippen LogP contribution in [0.5, 0.6) is 11.5 Å². The van der Waals surface area contributed by atoms with Crippen LogP contribution >= 0.6 is 11.3 Å². The monoisotopic (exact) mass is 516 g/mol. The standard InChI is InChI=1S/C33H24O4S/c34-26-18-16-21-9-4-6-13-24(21)30(26)31-25-14-7-5-10-22(25)17-19-27(31)37-33(36)29(23-11-2-1-3-12-23)32(35)28-15-8-20-38-28/h1-20,29,32,34-35H/t29-,32-/m0/s1. The molecule has 5 aromatic carbocycles. The number of fused-ring (bicyclic) bond motifs is 2. The minimum Gasteiger partial charge on any atom is -0.507 e. The van der Waals surface area contributed by atoms with E-state index in [4.69, 9.17) is 4.74 Å². The molecule has 0 unspecified atom stereocenters. The highest BCUT2D eigenvalue weighted by atomic mass is 32.1. The molecule has 6 aromatic rings. The van der Waals surface area contributed by atoms with E-state index in [0.717, 1.165) is 21.5 Å². The van der Waals surface area contributed by atoms with Crippen LogP contribution in [0.3, 0.4) is 0 Å². The minimum atomic E-state index is -1.07. The predicted octanol–water partition coefficient (Wildman–Crippen LogP) is 7.85. The zero-order valence-corrected chi connectivity index (χ0v) is 21.1.